The van der Waals surface area contributed by atoms with Crippen LogP contribution in [0, 0.1) is 0 Å². The fraction of sp³-hybridized carbons (Fsp3) is 0.105. The third-order valence-electron chi connectivity index (χ3n) is 3.63. The Morgan fingerprint density at radius 3 is 2.36 bits per heavy atom. The molecule has 0 unspecified atom stereocenters. The summed E-state index contributed by atoms with van der Waals surface area (Å²) in [6, 6.07) is 17.5. The maximum absolute atomic E-state index is 12.5. The van der Waals surface area contributed by atoms with E-state index in [-0.39, 0.29) is 5.91 Å². The van der Waals surface area contributed by atoms with Crippen molar-refractivity contribution in [3.63, 3.8) is 0 Å². The van der Waals surface area contributed by atoms with Crippen molar-refractivity contribution in [2.45, 2.75) is 6.54 Å². The number of para-hydroxylation sites is 1. The van der Waals surface area contributed by atoms with Gasteiger partial charge in [0.1, 0.15) is 0 Å². The second-order valence-corrected chi connectivity index (χ2v) is 6.40. The topological polar surface area (TPSA) is 58.1 Å². The fourth-order valence-electron chi connectivity index (χ4n) is 2.34. The lowest BCUT2D eigenvalue weighted by atomic mass is 10.2. The van der Waals surface area contributed by atoms with Gasteiger partial charge in [0.2, 0.25) is 5.95 Å². The third kappa shape index (κ3) is 4.42. The SMILES string of the molecule is CN(Cc1ccccc1)C(=O)c1cnc(Nc2ccccc2Br)nc1. The Hall–Kier alpha value is -2.73. The van der Waals surface area contributed by atoms with E-state index < -0.39 is 0 Å². The van der Waals surface area contributed by atoms with Crippen LogP contribution < -0.4 is 5.32 Å². The summed E-state index contributed by atoms with van der Waals surface area (Å²) in [6.07, 6.45) is 3.08. The summed E-state index contributed by atoms with van der Waals surface area (Å²) in [5.74, 6) is 0.324. The molecule has 1 N–H and O–H groups in total. The number of aromatic nitrogens is 2. The molecule has 0 aliphatic carbocycles. The first-order chi connectivity index (χ1) is 12.1. The van der Waals surface area contributed by atoms with Gasteiger partial charge in [0.25, 0.3) is 5.91 Å². The van der Waals surface area contributed by atoms with Crippen LogP contribution in [0.2, 0.25) is 0 Å². The maximum Gasteiger partial charge on any atom is 0.257 e. The first kappa shape index (κ1) is 17.1. The van der Waals surface area contributed by atoms with Gasteiger partial charge < -0.3 is 10.2 Å². The van der Waals surface area contributed by atoms with Gasteiger partial charge in [0.05, 0.1) is 11.3 Å². The van der Waals surface area contributed by atoms with Crippen molar-refractivity contribution < 1.29 is 4.79 Å². The summed E-state index contributed by atoms with van der Waals surface area (Å²) in [6.45, 7) is 0.538. The van der Waals surface area contributed by atoms with Gasteiger partial charge >= 0.3 is 0 Å². The van der Waals surface area contributed by atoms with Crippen LogP contribution in [0.25, 0.3) is 0 Å². The molecule has 0 atom stereocenters. The molecule has 3 rings (SSSR count). The molecule has 2 aromatic carbocycles. The second kappa shape index (κ2) is 7.90. The molecule has 25 heavy (non-hydrogen) atoms. The number of carbonyl (C=O) groups is 1. The number of anilines is 2. The van der Waals surface area contributed by atoms with Crippen molar-refractivity contribution >= 4 is 33.5 Å². The minimum atomic E-state index is -0.115. The molecule has 126 valence electrons. The molecule has 0 radical (unpaired) electrons. The van der Waals surface area contributed by atoms with E-state index in [0.717, 1.165) is 15.7 Å². The van der Waals surface area contributed by atoms with Gasteiger partial charge in [0, 0.05) is 30.5 Å². The average Bonchev–Trinajstić information content (AvgIpc) is 2.64. The number of carbonyl (C=O) groups excluding carboxylic acids is 1. The average molecular weight is 397 g/mol. The number of benzene rings is 2. The van der Waals surface area contributed by atoms with Gasteiger partial charge in [-0.1, -0.05) is 42.5 Å². The zero-order valence-electron chi connectivity index (χ0n) is 13.7. The quantitative estimate of drug-likeness (QED) is 0.699. The summed E-state index contributed by atoms with van der Waals surface area (Å²) in [7, 11) is 1.77. The molecule has 0 aliphatic rings. The molecule has 0 fully saturated rings. The van der Waals surface area contributed by atoms with E-state index in [9.17, 15) is 4.79 Å². The fourth-order valence-corrected chi connectivity index (χ4v) is 2.72. The standard InChI is InChI=1S/C19H17BrN4O/c1-24(13-14-7-3-2-4-8-14)18(25)15-11-21-19(22-12-15)23-17-10-6-5-9-16(17)20/h2-12H,13H2,1H3,(H,21,22,23). The number of amides is 1. The summed E-state index contributed by atoms with van der Waals surface area (Å²) in [5.41, 5.74) is 2.39. The zero-order chi connectivity index (χ0) is 17.6. The number of hydrogen-bond donors (Lipinski definition) is 1. The molecule has 0 saturated heterocycles. The summed E-state index contributed by atoms with van der Waals surface area (Å²) >= 11 is 3.46. The highest BCUT2D eigenvalue weighted by molar-refractivity contribution is 9.10. The lowest BCUT2D eigenvalue weighted by Crippen LogP contribution is -2.26. The van der Waals surface area contributed by atoms with Crippen LogP contribution in [0.3, 0.4) is 0 Å². The highest BCUT2D eigenvalue weighted by Crippen LogP contribution is 2.23. The highest BCUT2D eigenvalue weighted by atomic mass is 79.9. The number of nitrogens with zero attached hydrogens (tertiary/aromatic N) is 3. The number of rotatable bonds is 5. The van der Waals surface area contributed by atoms with E-state index in [1.807, 2.05) is 54.6 Å². The van der Waals surface area contributed by atoms with E-state index in [4.69, 9.17) is 0 Å². The van der Waals surface area contributed by atoms with Crippen molar-refractivity contribution in [2.24, 2.45) is 0 Å². The lowest BCUT2D eigenvalue weighted by molar-refractivity contribution is 0.0784. The van der Waals surface area contributed by atoms with Crippen molar-refractivity contribution in [1.29, 1.82) is 0 Å². The lowest BCUT2D eigenvalue weighted by Gasteiger charge is -2.17. The molecule has 1 heterocycles. The van der Waals surface area contributed by atoms with E-state index in [1.54, 1.807) is 11.9 Å². The monoisotopic (exact) mass is 396 g/mol. The first-order valence-electron chi connectivity index (χ1n) is 7.76. The minimum absolute atomic E-state index is 0.115. The van der Waals surface area contributed by atoms with E-state index >= 15 is 0 Å². The molecule has 1 aromatic heterocycles. The number of halogens is 1. The Morgan fingerprint density at radius 1 is 1.04 bits per heavy atom. The summed E-state index contributed by atoms with van der Waals surface area (Å²) in [4.78, 5) is 22.6. The Bertz CT molecular complexity index is 853. The second-order valence-electron chi connectivity index (χ2n) is 5.55. The van der Waals surface area contributed by atoms with E-state index in [0.29, 0.717) is 18.1 Å². The molecule has 0 bridgehead atoms. The zero-order valence-corrected chi connectivity index (χ0v) is 15.3. The molecule has 0 spiro atoms. The van der Waals surface area contributed by atoms with Gasteiger partial charge in [-0.3, -0.25) is 4.79 Å². The molecule has 3 aromatic rings. The molecule has 0 aliphatic heterocycles. The highest BCUT2D eigenvalue weighted by Gasteiger charge is 2.13. The Labute approximate surface area is 154 Å². The molecule has 1 amide bonds. The Morgan fingerprint density at radius 2 is 1.68 bits per heavy atom. The van der Waals surface area contributed by atoms with Crippen LogP contribution in [0.4, 0.5) is 11.6 Å². The van der Waals surface area contributed by atoms with Gasteiger partial charge in [-0.05, 0) is 33.6 Å². The number of hydrogen-bond acceptors (Lipinski definition) is 4. The molecule has 6 heteroatoms. The first-order valence-corrected chi connectivity index (χ1v) is 8.56. The molecular weight excluding hydrogens is 380 g/mol. The van der Waals surface area contributed by atoms with Crippen LogP contribution in [0.15, 0.2) is 71.5 Å². The van der Waals surface area contributed by atoms with Crippen LogP contribution >= 0.6 is 15.9 Å². The van der Waals surface area contributed by atoms with Crippen molar-refractivity contribution in [1.82, 2.24) is 14.9 Å². The number of nitrogens with one attached hydrogen (secondary N) is 1. The smallest absolute Gasteiger partial charge is 0.257 e. The minimum Gasteiger partial charge on any atom is -0.337 e. The van der Waals surface area contributed by atoms with Crippen molar-refractivity contribution in [3.05, 3.63) is 82.6 Å². The molecule has 5 nitrogen and oxygen atoms in total. The Kier molecular flexibility index (Phi) is 5.40. The molecular formula is C19H17BrN4O. The summed E-state index contributed by atoms with van der Waals surface area (Å²) in [5, 5.41) is 3.11. The van der Waals surface area contributed by atoms with Crippen LogP contribution in [-0.2, 0) is 6.54 Å². The largest absolute Gasteiger partial charge is 0.337 e. The van der Waals surface area contributed by atoms with Crippen molar-refractivity contribution in [3.8, 4) is 0 Å². The third-order valence-corrected chi connectivity index (χ3v) is 4.32. The van der Waals surface area contributed by atoms with Crippen LogP contribution in [0.5, 0.6) is 0 Å². The predicted molar refractivity (Wildman–Crippen MR) is 102 cm³/mol. The normalized spacial score (nSPS) is 10.3. The molecule has 0 saturated carbocycles. The van der Waals surface area contributed by atoms with Crippen LogP contribution in [-0.4, -0.2) is 27.8 Å². The van der Waals surface area contributed by atoms with E-state index in [1.165, 1.54) is 12.4 Å². The Balaban J connectivity index is 1.67. The predicted octanol–water partition coefficient (Wildman–Crippen LogP) is 4.25. The van der Waals surface area contributed by atoms with E-state index in [2.05, 4.69) is 31.2 Å². The van der Waals surface area contributed by atoms with Crippen LogP contribution in [0.1, 0.15) is 15.9 Å². The summed E-state index contributed by atoms with van der Waals surface area (Å²) < 4.78 is 0.918. The van der Waals surface area contributed by atoms with Gasteiger partial charge in [-0.25, -0.2) is 9.97 Å². The van der Waals surface area contributed by atoms with Crippen molar-refractivity contribution in [2.75, 3.05) is 12.4 Å². The van der Waals surface area contributed by atoms with Gasteiger partial charge in [0.15, 0.2) is 0 Å². The maximum atomic E-state index is 12.5. The van der Waals surface area contributed by atoms with Gasteiger partial charge in [-0.15, -0.1) is 0 Å². The van der Waals surface area contributed by atoms with Gasteiger partial charge in [-0.2, -0.15) is 0 Å².